The number of nitrogens with two attached hydrogens (primary N) is 1. The summed E-state index contributed by atoms with van der Waals surface area (Å²) in [5, 5.41) is -0.277. The van der Waals surface area contributed by atoms with Crippen LogP contribution in [-0.4, -0.2) is 50.0 Å². The van der Waals surface area contributed by atoms with Gasteiger partial charge in [0.05, 0.1) is 5.25 Å². The van der Waals surface area contributed by atoms with Crippen LogP contribution in [0.1, 0.15) is 52.9 Å². The van der Waals surface area contributed by atoms with Gasteiger partial charge in [0.25, 0.3) is 0 Å². The van der Waals surface area contributed by atoms with Crippen LogP contribution < -0.4 is 5.73 Å². The zero-order valence-electron chi connectivity index (χ0n) is 14.1. The van der Waals surface area contributed by atoms with E-state index < -0.39 is 9.84 Å². The summed E-state index contributed by atoms with van der Waals surface area (Å²) in [6.45, 7) is 9.37. The van der Waals surface area contributed by atoms with Crippen molar-refractivity contribution in [3.8, 4) is 0 Å². The molecule has 5 heteroatoms. The first-order valence-electron chi connectivity index (χ1n) is 8.25. The molecule has 1 saturated carbocycles. The number of piperidine rings is 1. The van der Waals surface area contributed by atoms with Crippen LogP contribution in [0, 0.1) is 11.3 Å². The third-order valence-corrected chi connectivity index (χ3v) is 7.60. The van der Waals surface area contributed by atoms with E-state index in [1.54, 1.807) is 0 Å². The van der Waals surface area contributed by atoms with E-state index in [0.717, 1.165) is 51.1 Å². The predicted octanol–water partition coefficient (Wildman–Crippen LogP) is 2.04. The van der Waals surface area contributed by atoms with E-state index in [1.165, 1.54) is 6.26 Å². The molecule has 1 heterocycles. The summed E-state index contributed by atoms with van der Waals surface area (Å²) in [7, 11) is -3.04. The quantitative estimate of drug-likeness (QED) is 0.865. The minimum Gasteiger partial charge on any atom is -0.329 e. The molecule has 0 aromatic heterocycles. The molecule has 2 N–H and O–H groups in total. The number of likely N-dealkylation sites (tertiary alicyclic amines) is 1. The maximum atomic E-state index is 12.2. The van der Waals surface area contributed by atoms with Crippen molar-refractivity contribution in [1.29, 1.82) is 0 Å². The molecule has 21 heavy (non-hydrogen) atoms. The molecule has 124 valence electrons. The molecule has 0 amide bonds. The lowest BCUT2D eigenvalue weighted by Crippen LogP contribution is -2.62. The normalized spacial score (nSPS) is 33.5. The second-order valence-electron chi connectivity index (χ2n) is 8.15. The largest absolute Gasteiger partial charge is 0.329 e. The van der Waals surface area contributed by atoms with E-state index in [1.807, 2.05) is 0 Å². The van der Waals surface area contributed by atoms with Crippen LogP contribution in [0.2, 0.25) is 0 Å². The van der Waals surface area contributed by atoms with Crippen LogP contribution in [0.5, 0.6) is 0 Å². The number of hydrogen-bond donors (Lipinski definition) is 1. The highest BCUT2D eigenvalue weighted by molar-refractivity contribution is 7.91. The van der Waals surface area contributed by atoms with Gasteiger partial charge in [-0.15, -0.1) is 0 Å². The van der Waals surface area contributed by atoms with Crippen molar-refractivity contribution in [2.75, 3.05) is 25.9 Å². The van der Waals surface area contributed by atoms with Gasteiger partial charge in [0.15, 0.2) is 9.84 Å². The van der Waals surface area contributed by atoms with E-state index in [9.17, 15) is 8.42 Å². The van der Waals surface area contributed by atoms with Crippen LogP contribution >= 0.6 is 0 Å². The molecule has 2 atom stereocenters. The zero-order valence-corrected chi connectivity index (χ0v) is 14.9. The molecule has 2 aliphatic rings. The van der Waals surface area contributed by atoms with Crippen molar-refractivity contribution in [1.82, 2.24) is 4.90 Å². The summed E-state index contributed by atoms with van der Waals surface area (Å²) in [6, 6.07) is 0. The van der Waals surface area contributed by atoms with Gasteiger partial charge in [0.2, 0.25) is 0 Å². The van der Waals surface area contributed by atoms with E-state index in [-0.39, 0.29) is 10.8 Å². The molecule has 1 aliphatic carbocycles. The number of sulfone groups is 1. The van der Waals surface area contributed by atoms with Gasteiger partial charge >= 0.3 is 0 Å². The highest BCUT2D eigenvalue weighted by Crippen LogP contribution is 2.43. The summed E-state index contributed by atoms with van der Waals surface area (Å²) < 4.78 is 24.4. The minimum absolute atomic E-state index is 0.277. The summed E-state index contributed by atoms with van der Waals surface area (Å²) in [5.41, 5.74) is 6.13. The van der Waals surface area contributed by atoms with Crippen molar-refractivity contribution < 1.29 is 8.42 Å². The first kappa shape index (κ1) is 17.2. The van der Waals surface area contributed by atoms with Gasteiger partial charge in [0.1, 0.15) is 0 Å². The Labute approximate surface area is 130 Å². The van der Waals surface area contributed by atoms with Gasteiger partial charge in [-0.05, 0) is 50.1 Å². The van der Waals surface area contributed by atoms with Gasteiger partial charge in [-0.25, -0.2) is 8.42 Å². The maximum Gasteiger partial charge on any atom is 0.152 e. The monoisotopic (exact) mass is 316 g/mol. The van der Waals surface area contributed by atoms with Crippen molar-refractivity contribution in [2.45, 2.75) is 63.7 Å². The first-order chi connectivity index (χ1) is 9.61. The lowest BCUT2D eigenvalue weighted by atomic mass is 9.74. The highest BCUT2D eigenvalue weighted by atomic mass is 32.2. The minimum atomic E-state index is -3.04. The summed E-state index contributed by atoms with van der Waals surface area (Å²) in [4.78, 5) is 2.41. The molecular weight excluding hydrogens is 284 g/mol. The van der Waals surface area contributed by atoms with Crippen LogP contribution in [0.25, 0.3) is 0 Å². The van der Waals surface area contributed by atoms with Gasteiger partial charge in [-0.1, -0.05) is 27.2 Å². The molecule has 2 rings (SSSR count). The van der Waals surface area contributed by atoms with Crippen molar-refractivity contribution >= 4 is 9.84 Å². The number of hydrogen-bond acceptors (Lipinski definition) is 4. The Hall–Kier alpha value is -0.130. The highest BCUT2D eigenvalue weighted by Gasteiger charge is 2.51. The van der Waals surface area contributed by atoms with Gasteiger partial charge in [-0.2, -0.15) is 0 Å². The fraction of sp³-hybridized carbons (Fsp3) is 1.00. The van der Waals surface area contributed by atoms with Gasteiger partial charge in [0, 0.05) is 18.3 Å². The Kier molecular flexibility index (Phi) is 4.77. The van der Waals surface area contributed by atoms with E-state index in [4.69, 9.17) is 5.73 Å². The van der Waals surface area contributed by atoms with Gasteiger partial charge in [-0.3, -0.25) is 4.90 Å². The van der Waals surface area contributed by atoms with Crippen LogP contribution in [-0.2, 0) is 9.84 Å². The molecule has 0 aromatic carbocycles. The topological polar surface area (TPSA) is 63.4 Å². The summed E-state index contributed by atoms with van der Waals surface area (Å²) >= 11 is 0. The Balaban J connectivity index is 2.16. The van der Waals surface area contributed by atoms with E-state index >= 15 is 0 Å². The van der Waals surface area contributed by atoms with Crippen LogP contribution in [0.3, 0.4) is 0 Å². The second kappa shape index (κ2) is 5.82. The molecule has 2 fully saturated rings. The third kappa shape index (κ3) is 3.30. The summed E-state index contributed by atoms with van der Waals surface area (Å²) in [5.74, 6) is 0.724. The Bertz CT molecular complexity index is 461. The average molecular weight is 317 g/mol. The maximum absolute atomic E-state index is 12.2. The fourth-order valence-corrected chi connectivity index (χ4v) is 6.31. The zero-order chi connectivity index (χ0) is 15.9. The van der Waals surface area contributed by atoms with Crippen LogP contribution in [0.15, 0.2) is 0 Å². The Morgan fingerprint density at radius 2 is 1.76 bits per heavy atom. The summed E-state index contributed by atoms with van der Waals surface area (Å²) in [6.07, 6.45) is 6.38. The van der Waals surface area contributed by atoms with E-state index in [2.05, 4.69) is 25.7 Å². The molecule has 2 unspecified atom stereocenters. The molecule has 0 radical (unpaired) electrons. The van der Waals surface area contributed by atoms with Crippen molar-refractivity contribution in [3.05, 3.63) is 0 Å². The van der Waals surface area contributed by atoms with Gasteiger partial charge < -0.3 is 5.73 Å². The molecule has 0 aromatic rings. The smallest absolute Gasteiger partial charge is 0.152 e. The predicted molar refractivity (Wildman–Crippen MR) is 88.0 cm³/mol. The average Bonchev–Trinajstić information content (AvgIpc) is 2.83. The molecule has 1 aliphatic heterocycles. The Morgan fingerprint density at radius 1 is 1.19 bits per heavy atom. The molecule has 0 spiro atoms. The van der Waals surface area contributed by atoms with Crippen molar-refractivity contribution in [2.24, 2.45) is 17.1 Å². The fourth-order valence-electron chi connectivity index (χ4n) is 4.55. The lowest BCUT2D eigenvalue weighted by Gasteiger charge is -2.49. The van der Waals surface area contributed by atoms with Crippen molar-refractivity contribution in [3.63, 3.8) is 0 Å². The molecule has 4 nitrogen and oxygen atoms in total. The first-order valence-corrected chi connectivity index (χ1v) is 10.2. The molecule has 1 saturated heterocycles. The Morgan fingerprint density at radius 3 is 2.19 bits per heavy atom. The lowest BCUT2D eigenvalue weighted by molar-refractivity contribution is 0.0344. The third-order valence-electron chi connectivity index (χ3n) is 5.90. The SMILES string of the molecule is CC(C)(C)C1CCN(C2(CN)CCCC2S(C)(=O)=O)CC1. The number of nitrogens with zero attached hydrogens (tertiary/aromatic N) is 1. The standard InChI is InChI=1S/C16H32N2O2S/c1-15(2,3)13-7-10-18(11-8-13)16(12-17)9-5-6-14(16)21(4,19)20/h13-14H,5-12,17H2,1-4H3. The molecule has 0 bridgehead atoms. The van der Waals surface area contributed by atoms with E-state index in [0.29, 0.717) is 12.0 Å². The number of rotatable bonds is 3. The van der Waals surface area contributed by atoms with Crippen LogP contribution in [0.4, 0.5) is 0 Å². The second-order valence-corrected chi connectivity index (χ2v) is 10.4. The molecular formula is C16H32N2O2S.